The average molecular weight is 479 g/mol. The Kier molecular flexibility index (Phi) is 6.30. The van der Waals surface area contributed by atoms with Gasteiger partial charge in [-0.05, 0) is 34.1 Å². The van der Waals surface area contributed by atoms with E-state index in [0.29, 0.717) is 17.1 Å². The van der Waals surface area contributed by atoms with E-state index in [-0.39, 0.29) is 34.3 Å². The molecule has 2 aromatic heterocycles. The minimum Gasteiger partial charge on any atom is -0.493 e. The monoisotopic (exact) mass is 479 g/mol. The molecule has 0 atom stereocenters. The molecular weight excluding hydrogens is 462 g/mol. The molecule has 4 rings (SSSR count). The zero-order valence-electron chi connectivity index (χ0n) is 18.3. The lowest BCUT2D eigenvalue weighted by Crippen LogP contribution is -2.19. The number of carbonyl (C=O) groups is 1. The summed E-state index contributed by atoms with van der Waals surface area (Å²) in [6, 6.07) is 10.6. The Morgan fingerprint density at radius 1 is 1.20 bits per heavy atom. The fourth-order valence-corrected chi connectivity index (χ4v) is 3.10. The van der Waals surface area contributed by atoms with Crippen LogP contribution in [0.3, 0.4) is 0 Å². The van der Waals surface area contributed by atoms with Gasteiger partial charge in [0.1, 0.15) is 5.69 Å². The van der Waals surface area contributed by atoms with Crippen LogP contribution in [0.15, 0.2) is 52.2 Å². The van der Waals surface area contributed by atoms with Gasteiger partial charge in [-0.15, -0.1) is 5.10 Å². The van der Waals surface area contributed by atoms with Gasteiger partial charge in [-0.1, -0.05) is 17.3 Å². The van der Waals surface area contributed by atoms with E-state index in [1.807, 2.05) is 0 Å². The van der Waals surface area contributed by atoms with Gasteiger partial charge < -0.3 is 15.2 Å². The van der Waals surface area contributed by atoms with Crippen LogP contribution >= 0.6 is 0 Å². The number of aromatic nitrogens is 5. The summed E-state index contributed by atoms with van der Waals surface area (Å²) in [6.07, 6.45) is 1.39. The van der Waals surface area contributed by atoms with Crippen molar-refractivity contribution in [3.8, 4) is 28.6 Å². The number of nitrogens with one attached hydrogen (secondary N) is 1. The molecule has 35 heavy (non-hydrogen) atoms. The van der Waals surface area contributed by atoms with E-state index < -0.39 is 10.8 Å². The smallest absolute Gasteiger partial charge is 0.294 e. The zero-order chi connectivity index (χ0) is 24.9. The normalized spacial score (nSPS) is 10.9. The number of rotatable bonds is 8. The molecule has 15 heteroatoms. The van der Waals surface area contributed by atoms with Crippen LogP contribution in [0.1, 0.15) is 16.1 Å². The lowest BCUT2D eigenvalue weighted by molar-refractivity contribution is -0.384. The third kappa shape index (κ3) is 4.58. The van der Waals surface area contributed by atoms with E-state index in [1.165, 1.54) is 44.7 Å². The maximum Gasteiger partial charge on any atom is 0.294 e. The molecule has 0 spiro atoms. The van der Waals surface area contributed by atoms with Gasteiger partial charge in [-0.2, -0.15) is 9.78 Å². The summed E-state index contributed by atoms with van der Waals surface area (Å²) in [6.45, 7) is 0. The number of nitrogen functional groups attached to an aromatic ring is 1. The summed E-state index contributed by atoms with van der Waals surface area (Å²) >= 11 is 0. The number of methoxy groups -OCH3 is 2. The highest BCUT2D eigenvalue weighted by Crippen LogP contribution is 2.29. The van der Waals surface area contributed by atoms with Crippen LogP contribution in [0.2, 0.25) is 0 Å². The number of nitrogens with two attached hydrogens (primary N) is 1. The molecule has 15 nitrogen and oxygen atoms in total. The van der Waals surface area contributed by atoms with Gasteiger partial charge in [-0.25, -0.2) is 10.1 Å². The SMILES string of the molecule is COc1ccc(/C=N/NC(=O)c2nnn(-c3nonc3N)c2-c2cccc([N+](=O)[O-])c2)cc1OC. The molecule has 0 unspecified atom stereocenters. The Morgan fingerprint density at radius 3 is 2.69 bits per heavy atom. The molecule has 1 amide bonds. The summed E-state index contributed by atoms with van der Waals surface area (Å²) in [5.74, 6) is 0.0995. The first-order valence-corrected chi connectivity index (χ1v) is 9.77. The van der Waals surface area contributed by atoms with Crippen LogP contribution in [-0.2, 0) is 0 Å². The fraction of sp³-hybridized carbons (Fsp3) is 0.100. The standard InChI is InChI=1S/C20H17N9O6/c1-33-14-7-6-11(8-15(14)34-2)10-22-24-20(30)16-17(12-4-3-5-13(9-12)29(31)32)28(27-23-16)19-18(21)25-35-26-19/h3-10H,1-2H3,(H2,21,25)(H,24,30)/b22-10+. The molecular formula is C20H17N9O6. The number of ether oxygens (including phenoxy) is 2. The van der Waals surface area contributed by atoms with Gasteiger partial charge in [0.05, 0.1) is 25.4 Å². The molecule has 0 aliphatic heterocycles. The highest BCUT2D eigenvalue weighted by Gasteiger charge is 2.26. The lowest BCUT2D eigenvalue weighted by atomic mass is 10.1. The molecule has 2 aromatic carbocycles. The van der Waals surface area contributed by atoms with Crippen molar-refractivity contribution in [2.24, 2.45) is 5.10 Å². The minimum atomic E-state index is -0.746. The number of amides is 1. The van der Waals surface area contributed by atoms with Crippen molar-refractivity contribution in [3.63, 3.8) is 0 Å². The molecule has 2 heterocycles. The van der Waals surface area contributed by atoms with Gasteiger partial charge in [0.25, 0.3) is 11.6 Å². The maximum atomic E-state index is 12.9. The van der Waals surface area contributed by atoms with Gasteiger partial charge in [0, 0.05) is 17.7 Å². The third-order valence-corrected chi connectivity index (χ3v) is 4.70. The molecule has 0 bridgehead atoms. The first kappa shape index (κ1) is 22.8. The van der Waals surface area contributed by atoms with E-state index in [0.717, 1.165) is 4.68 Å². The van der Waals surface area contributed by atoms with E-state index in [4.69, 9.17) is 15.2 Å². The average Bonchev–Trinajstić information content (AvgIpc) is 3.49. The predicted octanol–water partition coefficient (Wildman–Crippen LogP) is 1.59. The molecule has 0 saturated carbocycles. The first-order chi connectivity index (χ1) is 16.9. The van der Waals surface area contributed by atoms with Gasteiger partial charge >= 0.3 is 0 Å². The Balaban J connectivity index is 1.68. The molecule has 0 fully saturated rings. The number of hydrazone groups is 1. The van der Waals surface area contributed by atoms with Gasteiger partial charge in [0.15, 0.2) is 17.2 Å². The Hall–Kier alpha value is -5.34. The third-order valence-electron chi connectivity index (χ3n) is 4.70. The first-order valence-electron chi connectivity index (χ1n) is 9.77. The number of hydrogen-bond acceptors (Lipinski definition) is 12. The molecule has 4 aromatic rings. The van der Waals surface area contributed by atoms with Crippen molar-refractivity contribution >= 4 is 23.6 Å². The number of carbonyl (C=O) groups excluding carboxylic acids is 1. The van der Waals surface area contributed by atoms with E-state index >= 15 is 0 Å². The number of benzene rings is 2. The summed E-state index contributed by atoms with van der Waals surface area (Å²) in [7, 11) is 3.01. The number of non-ortho nitro benzene ring substituents is 1. The van der Waals surface area contributed by atoms with Crippen LogP contribution in [0.25, 0.3) is 17.1 Å². The summed E-state index contributed by atoms with van der Waals surface area (Å²) in [5, 5.41) is 30.2. The highest BCUT2D eigenvalue weighted by atomic mass is 16.6. The van der Waals surface area contributed by atoms with Gasteiger partial charge in [0.2, 0.25) is 11.6 Å². The van der Waals surface area contributed by atoms with Crippen molar-refractivity contribution in [3.05, 3.63) is 63.8 Å². The van der Waals surface area contributed by atoms with E-state index in [2.05, 4.69) is 35.8 Å². The van der Waals surface area contributed by atoms with Crippen molar-refractivity contribution in [1.29, 1.82) is 0 Å². The van der Waals surface area contributed by atoms with Crippen LogP contribution in [0.4, 0.5) is 11.5 Å². The second kappa shape index (κ2) is 9.65. The molecule has 0 aliphatic rings. The molecule has 0 aliphatic carbocycles. The summed E-state index contributed by atoms with van der Waals surface area (Å²) < 4.78 is 16.1. The largest absolute Gasteiger partial charge is 0.493 e. The predicted molar refractivity (Wildman–Crippen MR) is 120 cm³/mol. The second-order valence-corrected chi connectivity index (χ2v) is 6.79. The second-order valence-electron chi connectivity index (χ2n) is 6.79. The maximum absolute atomic E-state index is 12.9. The highest BCUT2D eigenvalue weighted by molar-refractivity contribution is 5.99. The van der Waals surface area contributed by atoms with Crippen molar-refractivity contribution < 1.29 is 23.8 Å². The molecule has 0 radical (unpaired) electrons. The van der Waals surface area contributed by atoms with Crippen LogP contribution in [-0.4, -0.2) is 56.6 Å². The number of nitro benzene ring substituents is 1. The summed E-state index contributed by atoms with van der Waals surface area (Å²) in [5.41, 5.74) is 8.64. The Bertz CT molecular complexity index is 1430. The minimum absolute atomic E-state index is 0.0492. The lowest BCUT2D eigenvalue weighted by Gasteiger charge is -2.07. The van der Waals surface area contributed by atoms with Crippen LogP contribution in [0, 0.1) is 10.1 Å². The Morgan fingerprint density at radius 2 is 2.00 bits per heavy atom. The van der Waals surface area contributed by atoms with Crippen molar-refractivity contribution in [1.82, 2.24) is 30.7 Å². The number of hydrogen-bond donors (Lipinski definition) is 2. The van der Waals surface area contributed by atoms with Crippen LogP contribution in [0.5, 0.6) is 11.5 Å². The fourth-order valence-electron chi connectivity index (χ4n) is 3.10. The zero-order valence-corrected chi connectivity index (χ0v) is 18.3. The topological polar surface area (TPSA) is 199 Å². The molecule has 178 valence electrons. The van der Waals surface area contributed by atoms with Gasteiger partial charge in [-0.3, -0.25) is 14.9 Å². The van der Waals surface area contributed by atoms with E-state index in [9.17, 15) is 14.9 Å². The molecule has 3 N–H and O–H groups in total. The summed E-state index contributed by atoms with van der Waals surface area (Å²) in [4.78, 5) is 23.6. The van der Waals surface area contributed by atoms with Crippen molar-refractivity contribution in [2.45, 2.75) is 0 Å². The van der Waals surface area contributed by atoms with Crippen molar-refractivity contribution in [2.75, 3.05) is 20.0 Å². The van der Waals surface area contributed by atoms with Crippen LogP contribution < -0.4 is 20.6 Å². The number of nitro groups is 1. The number of anilines is 1. The van der Waals surface area contributed by atoms with E-state index in [1.54, 1.807) is 18.2 Å². The Labute approximate surface area is 196 Å². The molecule has 0 saturated heterocycles. The quantitative estimate of drug-likeness (QED) is 0.211. The number of nitrogens with zero attached hydrogens (tertiary/aromatic N) is 7.